The number of nitrogens with one attached hydrogen (secondary N) is 1. The lowest BCUT2D eigenvalue weighted by molar-refractivity contribution is -0.116. The zero-order valence-electron chi connectivity index (χ0n) is 15.3. The number of hydrogen-bond donors (Lipinski definition) is 1. The number of carbonyl (C=O) groups is 1. The fourth-order valence-corrected chi connectivity index (χ4v) is 3.14. The average molecular weight is 416 g/mol. The topological polar surface area (TPSA) is 64.0 Å². The number of nitrogens with zero attached hydrogens (tertiary/aromatic N) is 2. The highest BCUT2D eigenvalue weighted by molar-refractivity contribution is 6.31. The van der Waals surface area contributed by atoms with Crippen LogP contribution in [0.25, 0.3) is 11.4 Å². The zero-order chi connectivity index (χ0) is 20.1. The van der Waals surface area contributed by atoms with E-state index in [0.29, 0.717) is 33.7 Å². The smallest absolute Gasteiger partial charge is 0.254 e. The van der Waals surface area contributed by atoms with Crippen molar-refractivity contribution in [2.45, 2.75) is 26.3 Å². The van der Waals surface area contributed by atoms with Crippen molar-refractivity contribution in [1.82, 2.24) is 9.55 Å². The van der Waals surface area contributed by atoms with E-state index in [2.05, 4.69) is 10.3 Å². The maximum Gasteiger partial charge on any atom is 0.254 e. The van der Waals surface area contributed by atoms with Gasteiger partial charge in [-0.3, -0.25) is 14.2 Å². The van der Waals surface area contributed by atoms with Crippen molar-refractivity contribution in [2.24, 2.45) is 0 Å². The molecule has 0 aliphatic carbocycles. The molecule has 0 radical (unpaired) electrons. The zero-order valence-corrected chi connectivity index (χ0v) is 16.8. The third-order valence-electron chi connectivity index (χ3n) is 4.08. The van der Waals surface area contributed by atoms with Crippen LogP contribution in [0.1, 0.15) is 19.0 Å². The first-order chi connectivity index (χ1) is 13.5. The van der Waals surface area contributed by atoms with Crippen LogP contribution in [-0.2, 0) is 17.8 Å². The molecule has 7 heteroatoms. The molecule has 144 valence electrons. The fourth-order valence-electron chi connectivity index (χ4n) is 2.82. The maximum absolute atomic E-state index is 12.7. The van der Waals surface area contributed by atoms with Crippen LogP contribution < -0.4 is 10.9 Å². The third kappa shape index (κ3) is 5.00. The van der Waals surface area contributed by atoms with Crippen molar-refractivity contribution in [1.29, 1.82) is 0 Å². The Hall–Kier alpha value is -2.63. The molecule has 0 unspecified atom stereocenters. The highest BCUT2D eigenvalue weighted by Crippen LogP contribution is 2.20. The van der Waals surface area contributed by atoms with Crippen LogP contribution in [0.5, 0.6) is 0 Å². The Balaban J connectivity index is 1.95. The number of aromatic nitrogens is 2. The van der Waals surface area contributed by atoms with Gasteiger partial charge in [0.2, 0.25) is 5.91 Å². The summed E-state index contributed by atoms with van der Waals surface area (Å²) in [5.41, 5.74) is 1.71. The molecule has 0 bridgehead atoms. The first-order valence-electron chi connectivity index (χ1n) is 8.88. The number of rotatable bonds is 6. The molecule has 3 aromatic rings. The highest BCUT2D eigenvalue weighted by atomic mass is 35.5. The second kappa shape index (κ2) is 9.04. The second-order valence-corrected chi connectivity index (χ2v) is 7.18. The van der Waals surface area contributed by atoms with Crippen LogP contribution in [0.4, 0.5) is 5.69 Å². The third-order valence-corrected chi connectivity index (χ3v) is 4.57. The SMILES string of the molecule is CCCc1cc(=O)n(CC(=O)Nc2cccc(Cl)c2)c(-c2ccc(Cl)cc2)n1. The first-order valence-corrected chi connectivity index (χ1v) is 9.64. The quantitative estimate of drug-likeness (QED) is 0.628. The molecule has 0 saturated carbocycles. The van der Waals surface area contributed by atoms with E-state index in [1.165, 1.54) is 10.6 Å². The van der Waals surface area contributed by atoms with E-state index in [1.54, 1.807) is 48.5 Å². The first kappa shape index (κ1) is 20.1. The number of anilines is 1. The van der Waals surface area contributed by atoms with Crippen molar-refractivity contribution in [3.8, 4) is 11.4 Å². The van der Waals surface area contributed by atoms with Gasteiger partial charge in [-0.1, -0.05) is 42.6 Å². The van der Waals surface area contributed by atoms with Crippen molar-refractivity contribution in [3.05, 3.63) is 80.7 Å². The molecule has 0 fully saturated rings. The molecule has 0 aliphatic heterocycles. The van der Waals surface area contributed by atoms with E-state index >= 15 is 0 Å². The minimum Gasteiger partial charge on any atom is -0.324 e. The number of amides is 1. The Labute approximate surface area is 172 Å². The standard InChI is InChI=1S/C21H19Cl2N3O2/c1-2-4-17-12-20(28)26(21(25-17)14-7-9-15(22)10-8-14)13-19(27)24-18-6-3-5-16(23)11-18/h3,5-12H,2,4,13H2,1H3,(H,24,27). The van der Waals surface area contributed by atoms with E-state index in [1.807, 2.05) is 6.92 Å². The Bertz CT molecular complexity index is 1050. The monoisotopic (exact) mass is 415 g/mol. The Morgan fingerprint density at radius 3 is 2.50 bits per heavy atom. The van der Waals surface area contributed by atoms with Gasteiger partial charge in [-0.25, -0.2) is 4.98 Å². The van der Waals surface area contributed by atoms with Crippen molar-refractivity contribution in [3.63, 3.8) is 0 Å². The van der Waals surface area contributed by atoms with Gasteiger partial charge in [0.1, 0.15) is 12.4 Å². The summed E-state index contributed by atoms with van der Waals surface area (Å²) >= 11 is 11.9. The van der Waals surface area contributed by atoms with E-state index < -0.39 is 0 Å². The van der Waals surface area contributed by atoms with Crippen LogP contribution >= 0.6 is 23.2 Å². The van der Waals surface area contributed by atoms with Crippen LogP contribution in [0.2, 0.25) is 10.0 Å². The molecule has 3 rings (SSSR count). The summed E-state index contributed by atoms with van der Waals surface area (Å²) in [7, 11) is 0. The molecule has 5 nitrogen and oxygen atoms in total. The molecule has 0 spiro atoms. The molecular weight excluding hydrogens is 397 g/mol. The van der Waals surface area contributed by atoms with Crippen molar-refractivity contribution >= 4 is 34.8 Å². The molecule has 1 heterocycles. The molecule has 2 aromatic carbocycles. The Kier molecular flexibility index (Phi) is 6.49. The molecule has 1 amide bonds. The van der Waals surface area contributed by atoms with Gasteiger partial charge in [-0.05, 0) is 48.9 Å². The number of carbonyl (C=O) groups excluding carboxylic acids is 1. The summed E-state index contributed by atoms with van der Waals surface area (Å²) in [6, 6.07) is 15.3. The van der Waals surface area contributed by atoms with Crippen LogP contribution in [-0.4, -0.2) is 15.5 Å². The molecule has 0 atom stereocenters. The summed E-state index contributed by atoms with van der Waals surface area (Å²) in [6.45, 7) is 1.86. The normalized spacial score (nSPS) is 10.7. The van der Waals surface area contributed by atoms with E-state index in [4.69, 9.17) is 23.2 Å². The minimum atomic E-state index is -0.343. The van der Waals surface area contributed by atoms with Gasteiger partial charge in [0.25, 0.3) is 5.56 Å². The Morgan fingerprint density at radius 1 is 1.07 bits per heavy atom. The van der Waals surface area contributed by atoms with Crippen LogP contribution in [0, 0.1) is 0 Å². The fraction of sp³-hybridized carbons (Fsp3) is 0.190. The molecule has 0 saturated heterocycles. The molecule has 1 N–H and O–H groups in total. The van der Waals surface area contributed by atoms with Crippen LogP contribution in [0.3, 0.4) is 0 Å². The average Bonchev–Trinajstić information content (AvgIpc) is 2.65. The van der Waals surface area contributed by atoms with E-state index in [-0.39, 0.29) is 18.0 Å². The van der Waals surface area contributed by atoms with E-state index in [0.717, 1.165) is 12.0 Å². The van der Waals surface area contributed by atoms with Gasteiger partial charge >= 0.3 is 0 Å². The van der Waals surface area contributed by atoms with Crippen LogP contribution in [0.15, 0.2) is 59.4 Å². The number of halogens is 2. The van der Waals surface area contributed by atoms with E-state index in [9.17, 15) is 9.59 Å². The number of hydrogen-bond acceptors (Lipinski definition) is 3. The highest BCUT2D eigenvalue weighted by Gasteiger charge is 2.14. The lowest BCUT2D eigenvalue weighted by Crippen LogP contribution is -2.30. The van der Waals surface area contributed by atoms with Gasteiger partial charge in [0, 0.05) is 33.1 Å². The van der Waals surface area contributed by atoms with Crippen molar-refractivity contribution < 1.29 is 4.79 Å². The van der Waals surface area contributed by atoms with Gasteiger partial charge in [-0.15, -0.1) is 0 Å². The minimum absolute atomic E-state index is 0.164. The number of aryl methyl sites for hydroxylation is 1. The summed E-state index contributed by atoms with van der Waals surface area (Å²) in [5, 5.41) is 3.85. The summed E-state index contributed by atoms with van der Waals surface area (Å²) in [6.07, 6.45) is 1.55. The van der Waals surface area contributed by atoms with Gasteiger partial charge < -0.3 is 5.32 Å². The van der Waals surface area contributed by atoms with Gasteiger partial charge in [0.05, 0.1) is 0 Å². The van der Waals surface area contributed by atoms with Gasteiger partial charge in [-0.2, -0.15) is 0 Å². The maximum atomic E-state index is 12.7. The predicted molar refractivity (Wildman–Crippen MR) is 113 cm³/mol. The largest absolute Gasteiger partial charge is 0.324 e. The molecule has 28 heavy (non-hydrogen) atoms. The summed E-state index contributed by atoms with van der Waals surface area (Å²) in [4.78, 5) is 29.9. The summed E-state index contributed by atoms with van der Waals surface area (Å²) in [5.74, 6) is 0.0958. The van der Waals surface area contributed by atoms with Gasteiger partial charge in [0.15, 0.2) is 0 Å². The lowest BCUT2D eigenvalue weighted by Gasteiger charge is -2.14. The lowest BCUT2D eigenvalue weighted by atomic mass is 10.2. The molecular formula is C21H19Cl2N3O2. The molecule has 1 aromatic heterocycles. The molecule has 0 aliphatic rings. The Morgan fingerprint density at radius 2 is 1.82 bits per heavy atom. The number of benzene rings is 2. The van der Waals surface area contributed by atoms with Crippen molar-refractivity contribution in [2.75, 3.05) is 5.32 Å². The second-order valence-electron chi connectivity index (χ2n) is 6.31. The summed E-state index contributed by atoms with van der Waals surface area (Å²) < 4.78 is 1.36. The predicted octanol–water partition coefficient (Wildman–Crippen LogP) is 4.81.